The summed E-state index contributed by atoms with van der Waals surface area (Å²) in [7, 11) is 0. The zero-order valence-electron chi connectivity index (χ0n) is 10.3. The lowest BCUT2D eigenvalue weighted by atomic mass is 10.3. The molecule has 18 heavy (non-hydrogen) atoms. The van der Waals surface area contributed by atoms with E-state index in [1.807, 2.05) is 6.92 Å². The maximum absolute atomic E-state index is 13.8. The molecule has 0 aliphatic carbocycles. The Kier molecular flexibility index (Phi) is 4.22. The maximum atomic E-state index is 13.8. The molecule has 0 atom stereocenters. The van der Waals surface area contributed by atoms with E-state index in [9.17, 15) is 4.39 Å². The molecule has 0 saturated heterocycles. The first-order valence-electron chi connectivity index (χ1n) is 6.02. The number of anilines is 1. The van der Waals surface area contributed by atoms with Gasteiger partial charge < -0.3 is 10.3 Å². The van der Waals surface area contributed by atoms with Crippen molar-refractivity contribution in [1.82, 2.24) is 19.9 Å². The largest absolute Gasteiger partial charge is 0.368 e. The lowest BCUT2D eigenvalue weighted by Crippen LogP contribution is -2.09. The molecule has 2 aromatic rings. The van der Waals surface area contributed by atoms with Crippen LogP contribution in [-0.2, 0) is 12.8 Å². The second-order valence-corrected chi connectivity index (χ2v) is 3.90. The normalized spacial score (nSPS) is 10.6. The van der Waals surface area contributed by atoms with Crippen molar-refractivity contribution in [1.29, 1.82) is 0 Å². The smallest absolute Gasteiger partial charge is 0.186 e. The number of rotatable bonds is 6. The number of aromatic nitrogens is 4. The SMILES string of the molecule is CCc1ncnc(NCCCc2ncc[nH]2)c1F. The Labute approximate surface area is 105 Å². The first-order valence-corrected chi connectivity index (χ1v) is 6.02. The van der Waals surface area contributed by atoms with Crippen molar-refractivity contribution in [3.05, 3.63) is 36.1 Å². The molecule has 0 radical (unpaired) electrons. The molecule has 0 saturated carbocycles. The predicted octanol–water partition coefficient (Wildman–Crippen LogP) is 1.95. The van der Waals surface area contributed by atoms with E-state index in [1.54, 1.807) is 12.4 Å². The molecule has 0 bridgehead atoms. The van der Waals surface area contributed by atoms with Gasteiger partial charge in [-0.2, -0.15) is 0 Å². The Morgan fingerprint density at radius 3 is 2.94 bits per heavy atom. The topological polar surface area (TPSA) is 66.5 Å². The van der Waals surface area contributed by atoms with E-state index in [1.165, 1.54) is 6.33 Å². The van der Waals surface area contributed by atoms with Gasteiger partial charge in [0.25, 0.3) is 0 Å². The highest BCUT2D eigenvalue weighted by Gasteiger charge is 2.08. The first-order chi connectivity index (χ1) is 8.81. The molecule has 5 nitrogen and oxygen atoms in total. The van der Waals surface area contributed by atoms with Gasteiger partial charge >= 0.3 is 0 Å². The number of imidazole rings is 1. The Bertz CT molecular complexity index is 483. The minimum absolute atomic E-state index is 0.279. The first kappa shape index (κ1) is 12.5. The third-order valence-corrected chi connectivity index (χ3v) is 2.63. The quantitative estimate of drug-likeness (QED) is 0.768. The van der Waals surface area contributed by atoms with Gasteiger partial charge in [0.2, 0.25) is 0 Å². The predicted molar refractivity (Wildman–Crippen MR) is 66.8 cm³/mol. The molecule has 2 aromatic heterocycles. The van der Waals surface area contributed by atoms with Crippen molar-refractivity contribution in [3.8, 4) is 0 Å². The van der Waals surface area contributed by atoms with Crippen LogP contribution in [-0.4, -0.2) is 26.5 Å². The van der Waals surface area contributed by atoms with E-state index in [4.69, 9.17) is 0 Å². The minimum Gasteiger partial charge on any atom is -0.368 e. The summed E-state index contributed by atoms with van der Waals surface area (Å²) in [6.45, 7) is 2.52. The lowest BCUT2D eigenvalue weighted by Gasteiger charge is -2.07. The molecule has 0 aliphatic rings. The maximum Gasteiger partial charge on any atom is 0.186 e. The van der Waals surface area contributed by atoms with Crippen LogP contribution in [0.25, 0.3) is 0 Å². The highest BCUT2D eigenvalue weighted by atomic mass is 19.1. The second-order valence-electron chi connectivity index (χ2n) is 3.90. The fraction of sp³-hybridized carbons (Fsp3) is 0.417. The van der Waals surface area contributed by atoms with Crippen LogP contribution >= 0.6 is 0 Å². The Morgan fingerprint density at radius 1 is 1.33 bits per heavy atom. The van der Waals surface area contributed by atoms with Gasteiger partial charge in [0.15, 0.2) is 11.6 Å². The monoisotopic (exact) mass is 249 g/mol. The minimum atomic E-state index is -0.349. The van der Waals surface area contributed by atoms with Crippen LogP contribution in [0.4, 0.5) is 10.2 Å². The Morgan fingerprint density at radius 2 is 2.22 bits per heavy atom. The molecular weight excluding hydrogens is 233 g/mol. The van der Waals surface area contributed by atoms with Crippen molar-refractivity contribution in [3.63, 3.8) is 0 Å². The van der Waals surface area contributed by atoms with Crippen molar-refractivity contribution < 1.29 is 4.39 Å². The molecule has 96 valence electrons. The van der Waals surface area contributed by atoms with E-state index in [0.717, 1.165) is 18.7 Å². The van der Waals surface area contributed by atoms with Crippen LogP contribution < -0.4 is 5.32 Å². The van der Waals surface area contributed by atoms with Gasteiger partial charge in [-0.15, -0.1) is 0 Å². The van der Waals surface area contributed by atoms with E-state index in [2.05, 4.69) is 25.3 Å². The molecule has 0 spiro atoms. The van der Waals surface area contributed by atoms with Gasteiger partial charge in [-0.3, -0.25) is 0 Å². The van der Waals surface area contributed by atoms with Gasteiger partial charge in [-0.25, -0.2) is 19.3 Å². The number of hydrogen-bond donors (Lipinski definition) is 2. The van der Waals surface area contributed by atoms with E-state index in [0.29, 0.717) is 18.7 Å². The van der Waals surface area contributed by atoms with Gasteiger partial charge in [0, 0.05) is 25.4 Å². The molecular formula is C12H16FN5. The van der Waals surface area contributed by atoms with Crippen molar-refractivity contribution in [2.45, 2.75) is 26.2 Å². The number of nitrogens with zero attached hydrogens (tertiary/aromatic N) is 3. The van der Waals surface area contributed by atoms with Gasteiger partial charge in [-0.1, -0.05) is 6.92 Å². The third-order valence-electron chi connectivity index (χ3n) is 2.63. The number of nitrogens with one attached hydrogen (secondary N) is 2. The van der Waals surface area contributed by atoms with Crippen LogP contribution in [0, 0.1) is 5.82 Å². The lowest BCUT2D eigenvalue weighted by molar-refractivity contribution is 0.596. The van der Waals surface area contributed by atoms with Crippen LogP contribution in [0.5, 0.6) is 0 Å². The van der Waals surface area contributed by atoms with Crippen LogP contribution in [0.1, 0.15) is 24.9 Å². The summed E-state index contributed by atoms with van der Waals surface area (Å²) in [5.74, 6) is 0.869. The average molecular weight is 249 g/mol. The molecule has 0 aromatic carbocycles. The van der Waals surface area contributed by atoms with Crippen molar-refractivity contribution in [2.24, 2.45) is 0 Å². The average Bonchev–Trinajstić information content (AvgIpc) is 2.89. The fourth-order valence-electron chi connectivity index (χ4n) is 1.67. The highest BCUT2D eigenvalue weighted by molar-refractivity contribution is 5.37. The summed E-state index contributed by atoms with van der Waals surface area (Å²) in [5.41, 5.74) is 0.443. The van der Waals surface area contributed by atoms with Gasteiger partial charge in [0.05, 0.1) is 5.69 Å². The standard InChI is InChI=1S/C12H16FN5/c1-2-9-11(13)12(18-8-17-9)16-5-3-4-10-14-6-7-15-10/h6-8H,2-5H2,1H3,(H,14,15)(H,16,17,18). The second kappa shape index (κ2) is 6.09. The summed E-state index contributed by atoms with van der Waals surface area (Å²) in [6, 6.07) is 0. The summed E-state index contributed by atoms with van der Waals surface area (Å²) in [6.07, 6.45) is 7.15. The van der Waals surface area contributed by atoms with Crippen LogP contribution in [0.15, 0.2) is 18.7 Å². The van der Waals surface area contributed by atoms with Crippen LogP contribution in [0.2, 0.25) is 0 Å². The molecule has 2 heterocycles. The highest BCUT2D eigenvalue weighted by Crippen LogP contribution is 2.13. The van der Waals surface area contributed by atoms with Gasteiger partial charge in [-0.05, 0) is 12.8 Å². The van der Waals surface area contributed by atoms with Crippen molar-refractivity contribution in [2.75, 3.05) is 11.9 Å². The number of hydrogen-bond acceptors (Lipinski definition) is 4. The number of H-pyrrole nitrogens is 1. The fourth-order valence-corrected chi connectivity index (χ4v) is 1.67. The van der Waals surface area contributed by atoms with E-state index in [-0.39, 0.29) is 11.6 Å². The Balaban J connectivity index is 1.83. The summed E-state index contributed by atoms with van der Waals surface area (Å²) in [5, 5.41) is 2.98. The Hall–Kier alpha value is -1.98. The number of halogens is 1. The molecule has 6 heteroatoms. The van der Waals surface area contributed by atoms with E-state index >= 15 is 0 Å². The zero-order valence-corrected chi connectivity index (χ0v) is 10.3. The summed E-state index contributed by atoms with van der Waals surface area (Å²) in [4.78, 5) is 14.9. The molecule has 2 N–H and O–H groups in total. The molecule has 0 unspecified atom stereocenters. The van der Waals surface area contributed by atoms with Crippen molar-refractivity contribution >= 4 is 5.82 Å². The summed E-state index contributed by atoms with van der Waals surface area (Å²) < 4.78 is 13.8. The van der Waals surface area contributed by atoms with Crippen LogP contribution in [0.3, 0.4) is 0 Å². The molecule has 0 fully saturated rings. The number of aryl methyl sites for hydroxylation is 2. The molecule has 0 aliphatic heterocycles. The molecule has 2 rings (SSSR count). The third kappa shape index (κ3) is 3.03. The van der Waals surface area contributed by atoms with E-state index < -0.39 is 0 Å². The number of aromatic amines is 1. The van der Waals surface area contributed by atoms with Gasteiger partial charge in [0.1, 0.15) is 12.2 Å². The zero-order chi connectivity index (χ0) is 12.8. The summed E-state index contributed by atoms with van der Waals surface area (Å²) >= 11 is 0. The molecule has 0 amide bonds.